The van der Waals surface area contributed by atoms with E-state index in [-0.39, 0.29) is 5.56 Å². The summed E-state index contributed by atoms with van der Waals surface area (Å²) in [7, 11) is 0. The van der Waals surface area contributed by atoms with Gasteiger partial charge in [-0.3, -0.25) is 4.79 Å². The summed E-state index contributed by atoms with van der Waals surface area (Å²) in [4.78, 5) is 12.2. The Balaban J connectivity index is 2.40. The monoisotopic (exact) mass is 228 g/mol. The molecule has 0 saturated carbocycles. The van der Waals surface area contributed by atoms with Crippen molar-refractivity contribution in [3.8, 4) is 11.1 Å². The molecule has 17 heavy (non-hydrogen) atoms. The van der Waals surface area contributed by atoms with Crippen molar-refractivity contribution in [2.24, 2.45) is 0 Å². The van der Waals surface area contributed by atoms with Gasteiger partial charge < -0.3 is 0 Å². The van der Waals surface area contributed by atoms with Gasteiger partial charge in [0.05, 0.1) is 5.56 Å². The Labute approximate surface area is 101 Å². The lowest BCUT2D eigenvalue weighted by Crippen LogP contribution is -2.23. The third-order valence-corrected chi connectivity index (χ3v) is 2.72. The SMILES string of the molecule is CCCCn1nccc(-c2ccccc2)c1=O. The molecule has 0 aliphatic carbocycles. The predicted molar refractivity (Wildman–Crippen MR) is 68.8 cm³/mol. The van der Waals surface area contributed by atoms with Crippen molar-refractivity contribution < 1.29 is 0 Å². The summed E-state index contributed by atoms with van der Waals surface area (Å²) in [6.45, 7) is 2.79. The Morgan fingerprint density at radius 1 is 1.18 bits per heavy atom. The Morgan fingerprint density at radius 2 is 1.94 bits per heavy atom. The van der Waals surface area contributed by atoms with E-state index < -0.39 is 0 Å². The average molecular weight is 228 g/mol. The standard InChI is InChI=1S/C14H16N2O/c1-2-3-11-16-14(17)13(9-10-15-16)12-7-5-4-6-8-12/h4-10H,2-3,11H2,1H3. The van der Waals surface area contributed by atoms with Crippen molar-refractivity contribution in [3.63, 3.8) is 0 Å². The van der Waals surface area contributed by atoms with Crippen molar-refractivity contribution in [3.05, 3.63) is 52.9 Å². The van der Waals surface area contributed by atoms with Gasteiger partial charge in [0, 0.05) is 12.7 Å². The van der Waals surface area contributed by atoms with Crippen LogP contribution in [-0.4, -0.2) is 9.78 Å². The lowest BCUT2D eigenvalue weighted by molar-refractivity contribution is 0.544. The van der Waals surface area contributed by atoms with Crippen LogP contribution >= 0.6 is 0 Å². The Morgan fingerprint density at radius 3 is 2.65 bits per heavy atom. The van der Waals surface area contributed by atoms with Crippen LogP contribution in [0.3, 0.4) is 0 Å². The minimum absolute atomic E-state index is 0.00727. The molecule has 0 fully saturated rings. The van der Waals surface area contributed by atoms with Gasteiger partial charge in [-0.25, -0.2) is 4.68 Å². The number of aryl methyl sites for hydroxylation is 1. The summed E-state index contributed by atoms with van der Waals surface area (Å²) in [5.74, 6) is 0. The molecule has 0 bridgehead atoms. The fraction of sp³-hybridized carbons (Fsp3) is 0.286. The predicted octanol–water partition coefficient (Wildman–Crippen LogP) is 2.71. The van der Waals surface area contributed by atoms with Crippen molar-refractivity contribution >= 4 is 0 Å². The van der Waals surface area contributed by atoms with Gasteiger partial charge in [-0.05, 0) is 18.1 Å². The smallest absolute Gasteiger partial charge is 0.267 e. The molecule has 1 heterocycles. The molecule has 0 saturated heterocycles. The normalized spacial score (nSPS) is 10.4. The highest BCUT2D eigenvalue weighted by molar-refractivity contribution is 5.61. The second kappa shape index (κ2) is 5.43. The van der Waals surface area contributed by atoms with Crippen LogP contribution in [0.25, 0.3) is 11.1 Å². The lowest BCUT2D eigenvalue weighted by atomic mass is 10.1. The third-order valence-electron chi connectivity index (χ3n) is 2.72. The van der Waals surface area contributed by atoms with Gasteiger partial charge in [0.15, 0.2) is 0 Å². The number of unbranched alkanes of at least 4 members (excludes halogenated alkanes) is 1. The van der Waals surface area contributed by atoms with Crippen LogP contribution < -0.4 is 5.56 Å². The summed E-state index contributed by atoms with van der Waals surface area (Å²) < 4.78 is 1.55. The van der Waals surface area contributed by atoms with Crippen LogP contribution in [0.15, 0.2) is 47.4 Å². The average Bonchev–Trinajstić information content (AvgIpc) is 2.39. The summed E-state index contributed by atoms with van der Waals surface area (Å²) in [6, 6.07) is 11.5. The van der Waals surface area contributed by atoms with Crippen molar-refractivity contribution in [1.82, 2.24) is 9.78 Å². The number of hydrogen-bond acceptors (Lipinski definition) is 2. The van der Waals surface area contributed by atoms with E-state index in [0.29, 0.717) is 6.54 Å². The second-order valence-corrected chi connectivity index (χ2v) is 3.99. The van der Waals surface area contributed by atoms with Gasteiger partial charge in [-0.2, -0.15) is 5.10 Å². The maximum Gasteiger partial charge on any atom is 0.274 e. The maximum atomic E-state index is 12.2. The highest BCUT2D eigenvalue weighted by Gasteiger charge is 2.05. The van der Waals surface area contributed by atoms with E-state index >= 15 is 0 Å². The number of hydrogen-bond donors (Lipinski definition) is 0. The molecule has 1 aromatic carbocycles. The molecule has 0 spiro atoms. The molecule has 2 rings (SSSR count). The molecule has 88 valence electrons. The summed E-state index contributed by atoms with van der Waals surface area (Å²) in [5, 5.41) is 4.11. The van der Waals surface area contributed by atoms with E-state index in [1.807, 2.05) is 30.3 Å². The zero-order valence-electron chi connectivity index (χ0n) is 9.97. The zero-order chi connectivity index (χ0) is 12.1. The summed E-state index contributed by atoms with van der Waals surface area (Å²) in [5.41, 5.74) is 1.66. The molecule has 1 aromatic heterocycles. The maximum absolute atomic E-state index is 12.2. The van der Waals surface area contributed by atoms with Crippen LogP contribution in [0.2, 0.25) is 0 Å². The van der Waals surface area contributed by atoms with Crippen molar-refractivity contribution in [2.75, 3.05) is 0 Å². The molecular weight excluding hydrogens is 212 g/mol. The summed E-state index contributed by atoms with van der Waals surface area (Å²) in [6.07, 6.45) is 3.73. The molecule has 0 amide bonds. The van der Waals surface area contributed by atoms with E-state index in [4.69, 9.17) is 0 Å². The van der Waals surface area contributed by atoms with Crippen LogP contribution in [0, 0.1) is 0 Å². The number of aromatic nitrogens is 2. The first kappa shape index (κ1) is 11.6. The molecule has 0 aliphatic rings. The highest BCUT2D eigenvalue weighted by Crippen LogP contribution is 2.13. The van der Waals surface area contributed by atoms with Gasteiger partial charge in [-0.15, -0.1) is 0 Å². The van der Waals surface area contributed by atoms with E-state index in [1.165, 1.54) is 0 Å². The molecule has 2 aromatic rings. The molecule has 0 N–H and O–H groups in total. The number of benzene rings is 1. The zero-order valence-corrected chi connectivity index (χ0v) is 9.97. The minimum atomic E-state index is -0.00727. The van der Waals surface area contributed by atoms with Crippen molar-refractivity contribution in [1.29, 1.82) is 0 Å². The first-order valence-corrected chi connectivity index (χ1v) is 5.94. The Kier molecular flexibility index (Phi) is 3.70. The molecule has 0 unspecified atom stereocenters. The quantitative estimate of drug-likeness (QED) is 0.806. The second-order valence-electron chi connectivity index (χ2n) is 3.99. The first-order valence-electron chi connectivity index (χ1n) is 5.94. The number of rotatable bonds is 4. The fourth-order valence-corrected chi connectivity index (χ4v) is 1.76. The number of nitrogens with zero attached hydrogens (tertiary/aromatic N) is 2. The van der Waals surface area contributed by atoms with E-state index in [2.05, 4.69) is 12.0 Å². The van der Waals surface area contributed by atoms with Gasteiger partial charge in [0.25, 0.3) is 5.56 Å². The largest absolute Gasteiger partial charge is 0.274 e. The van der Waals surface area contributed by atoms with Crippen LogP contribution in [0.1, 0.15) is 19.8 Å². The fourth-order valence-electron chi connectivity index (χ4n) is 1.76. The molecule has 3 heteroatoms. The summed E-state index contributed by atoms with van der Waals surface area (Å²) >= 11 is 0. The topological polar surface area (TPSA) is 34.9 Å². The third kappa shape index (κ3) is 2.61. The molecule has 3 nitrogen and oxygen atoms in total. The molecular formula is C14H16N2O. The van der Waals surface area contributed by atoms with Crippen LogP contribution in [0.5, 0.6) is 0 Å². The first-order chi connectivity index (χ1) is 8.33. The van der Waals surface area contributed by atoms with Crippen molar-refractivity contribution in [2.45, 2.75) is 26.3 Å². The highest BCUT2D eigenvalue weighted by atomic mass is 16.1. The van der Waals surface area contributed by atoms with Gasteiger partial charge >= 0.3 is 0 Å². The molecule has 0 atom stereocenters. The van der Waals surface area contributed by atoms with Crippen LogP contribution in [-0.2, 0) is 6.54 Å². The van der Waals surface area contributed by atoms with Gasteiger partial charge in [-0.1, -0.05) is 43.7 Å². The van der Waals surface area contributed by atoms with Gasteiger partial charge in [0.1, 0.15) is 0 Å². The van der Waals surface area contributed by atoms with E-state index in [9.17, 15) is 4.79 Å². The minimum Gasteiger partial charge on any atom is -0.267 e. The Bertz CT molecular complexity index is 531. The van der Waals surface area contributed by atoms with Crippen LogP contribution in [0.4, 0.5) is 0 Å². The van der Waals surface area contributed by atoms with E-state index in [1.54, 1.807) is 16.9 Å². The molecule has 0 aliphatic heterocycles. The van der Waals surface area contributed by atoms with Gasteiger partial charge in [0.2, 0.25) is 0 Å². The molecule has 0 radical (unpaired) electrons. The lowest BCUT2D eigenvalue weighted by Gasteiger charge is -2.06. The Hall–Kier alpha value is -1.90. The van der Waals surface area contributed by atoms with E-state index in [0.717, 1.165) is 24.0 Å².